The number of nitrogens with two attached hydrogens (primary N) is 1. The van der Waals surface area contributed by atoms with Crippen LogP contribution in [0.15, 0.2) is 42.5 Å². The summed E-state index contributed by atoms with van der Waals surface area (Å²) in [6, 6.07) is 13.4. The van der Waals surface area contributed by atoms with Gasteiger partial charge < -0.3 is 20.5 Å². The number of ether oxygens (including phenoxy) is 2. The second kappa shape index (κ2) is 10.2. The van der Waals surface area contributed by atoms with Crippen LogP contribution in [0.5, 0.6) is 0 Å². The summed E-state index contributed by atoms with van der Waals surface area (Å²) in [7, 11) is 0. The zero-order chi connectivity index (χ0) is 25.1. The number of carbonyl (C=O) groups excluding carboxylic acids is 3. The number of benzene rings is 1. The Kier molecular flexibility index (Phi) is 7.13. The number of nitrogens with zero attached hydrogens (tertiary/aromatic N) is 1. The van der Waals surface area contributed by atoms with E-state index in [4.69, 9.17) is 15.2 Å². The highest BCUT2D eigenvalue weighted by atomic mass is 32.1. The van der Waals surface area contributed by atoms with Crippen molar-refractivity contribution in [1.82, 2.24) is 4.98 Å². The van der Waals surface area contributed by atoms with Gasteiger partial charge in [-0.15, -0.1) is 22.7 Å². The number of amides is 1. The lowest BCUT2D eigenvalue weighted by Gasteiger charge is -2.06. The molecule has 3 N–H and O–H groups in total. The van der Waals surface area contributed by atoms with Crippen molar-refractivity contribution in [2.45, 2.75) is 20.8 Å². The highest BCUT2D eigenvalue weighted by Crippen LogP contribution is 2.38. The molecule has 1 amide bonds. The van der Waals surface area contributed by atoms with Gasteiger partial charge in [0, 0.05) is 10.9 Å². The van der Waals surface area contributed by atoms with Gasteiger partial charge in [0.1, 0.15) is 19.6 Å². The molecule has 8 nitrogen and oxygen atoms in total. The lowest BCUT2D eigenvalue weighted by atomic mass is 10.1. The summed E-state index contributed by atoms with van der Waals surface area (Å²) < 4.78 is 10.2. The minimum Gasteiger partial charge on any atom is -0.462 e. The third-order valence-electron chi connectivity index (χ3n) is 5.18. The first kappa shape index (κ1) is 24.4. The first-order chi connectivity index (χ1) is 16.8. The molecule has 0 aliphatic heterocycles. The van der Waals surface area contributed by atoms with Gasteiger partial charge in [-0.1, -0.05) is 30.3 Å². The van der Waals surface area contributed by atoms with Gasteiger partial charge in [0.05, 0.1) is 30.2 Å². The maximum Gasteiger partial charge on any atom is 0.348 e. The van der Waals surface area contributed by atoms with Crippen LogP contribution in [0, 0.1) is 6.92 Å². The number of thiophene rings is 2. The minimum absolute atomic E-state index is 0.123. The van der Waals surface area contributed by atoms with Crippen LogP contribution in [0.3, 0.4) is 0 Å². The molecule has 0 spiro atoms. The Bertz CT molecular complexity index is 1430. The average molecular weight is 510 g/mol. The predicted octanol–water partition coefficient (Wildman–Crippen LogP) is 5.52. The summed E-state index contributed by atoms with van der Waals surface area (Å²) in [6.45, 7) is 5.32. The van der Waals surface area contributed by atoms with Crippen molar-refractivity contribution in [3.63, 3.8) is 0 Å². The maximum atomic E-state index is 13.2. The van der Waals surface area contributed by atoms with Crippen LogP contribution in [-0.4, -0.2) is 36.0 Å². The van der Waals surface area contributed by atoms with E-state index in [0.29, 0.717) is 21.5 Å². The molecule has 0 aliphatic carbocycles. The standard InChI is InChI=1S/C25H23N3O5S2/c1-4-32-24(30)17-13(3)19(25(31)33-5-2)34-23(17)28-21(29)20-18(26)15-11-12-16(27-22(15)35-20)14-9-7-6-8-10-14/h6-12H,4-5,26H2,1-3H3,(H,28,29). The maximum absolute atomic E-state index is 13.2. The quantitative estimate of drug-likeness (QED) is 0.315. The van der Waals surface area contributed by atoms with Crippen molar-refractivity contribution < 1.29 is 23.9 Å². The molecule has 1 aromatic carbocycles. The molecule has 180 valence electrons. The van der Waals surface area contributed by atoms with E-state index in [9.17, 15) is 14.4 Å². The molecule has 0 atom stereocenters. The number of nitrogen functional groups attached to an aromatic ring is 1. The Morgan fingerprint density at radius 2 is 1.63 bits per heavy atom. The Hall–Kier alpha value is -3.76. The van der Waals surface area contributed by atoms with Crippen molar-refractivity contribution in [1.29, 1.82) is 0 Å². The zero-order valence-electron chi connectivity index (χ0n) is 19.3. The topological polar surface area (TPSA) is 121 Å². The Morgan fingerprint density at radius 3 is 2.31 bits per heavy atom. The van der Waals surface area contributed by atoms with Crippen LogP contribution in [-0.2, 0) is 9.47 Å². The monoisotopic (exact) mass is 509 g/mol. The number of aromatic nitrogens is 1. The second-order valence-electron chi connectivity index (χ2n) is 7.42. The van der Waals surface area contributed by atoms with Crippen LogP contribution < -0.4 is 11.1 Å². The largest absolute Gasteiger partial charge is 0.462 e. The fourth-order valence-corrected chi connectivity index (χ4v) is 5.61. The summed E-state index contributed by atoms with van der Waals surface area (Å²) in [5.74, 6) is -1.71. The van der Waals surface area contributed by atoms with E-state index in [1.165, 1.54) is 0 Å². The summed E-state index contributed by atoms with van der Waals surface area (Å²) >= 11 is 2.12. The third kappa shape index (κ3) is 4.75. The third-order valence-corrected chi connectivity index (χ3v) is 7.49. The van der Waals surface area contributed by atoms with E-state index < -0.39 is 17.8 Å². The summed E-state index contributed by atoms with van der Waals surface area (Å²) in [6.07, 6.45) is 0. The summed E-state index contributed by atoms with van der Waals surface area (Å²) in [5, 5.41) is 3.61. The Morgan fingerprint density at radius 1 is 0.943 bits per heavy atom. The number of nitrogens with one attached hydrogen (secondary N) is 1. The van der Waals surface area contributed by atoms with E-state index >= 15 is 0 Å². The molecule has 0 saturated heterocycles. The predicted molar refractivity (Wildman–Crippen MR) is 138 cm³/mol. The van der Waals surface area contributed by atoms with Gasteiger partial charge >= 0.3 is 11.9 Å². The first-order valence-electron chi connectivity index (χ1n) is 10.9. The number of rotatable bonds is 7. The molecule has 0 unspecified atom stereocenters. The number of fused-ring (bicyclic) bond motifs is 1. The summed E-state index contributed by atoms with van der Waals surface area (Å²) in [4.78, 5) is 44.0. The van der Waals surface area contributed by atoms with Gasteiger partial charge in [-0.25, -0.2) is 14.6 Å². The van der Waals surface area contributed by atoms with Gasteiger partial charge in [0.2, 0.25) is 0 Å². The molecule has 35 heavy (non-hydrogen) atoms. The van der Waals surface area contributed by atoms with Crippen molar-refractivity contribution >= 4 is 61.4 Å². The van der Waals surface area contributed by atoms with Crippen LogP contribution >= 0.6 is 22.7 Å². The van der Waals surface area contributed by atoms with E-state index in [0.717, 1.165) is 33.9 Å². The molecule has 4 aromatic rings. The van der Waals surface area contributed by atoms with Gasteiger partial charge in [0.25, 0.3) is 5.91 Å². The fourth-order valence-electron chi connectivity index (χ4n) is 3.54. The second-order valence-corrected chi connectivity index (χ2v) is 9.44. The van der Waals surface area contributed by atoms with Crippen LogP contribution in [0.2, 0.25) is 0 Å². The number of anilines is 2. The van der Waals surface area contributed by atoms with Crippen LogP contribution in [0.1, 0.15) is 49.1 Å². The smallest absolute Gasteiger partial charge is 0.348 e. The van der Waals surface area contributed by atoms with Crippen molar-refractivity contribution in [2.24, 2.45) is 0 Å². The summed E-state index contributed by atoms with van der Waals surface area (Å²) in [5.41, 5.74) is 8.83. The SMILES string of the molecule is CCOC(=O)c1sc(NC(=O)c2sc3nc(-c4ccccc4)ccc3c2N)c(C(=O)OCC)c1C. The van der Waals surface area contributed by atoms with Crippen molar-refractivity contribution in [3.05, 3.63) is 63.3 Å². The normalized spacial score (nSPS) is 10.8. The molecule has 0 aliphatic rings. The molecule has 0 radical (unpaired) electrons. The van der Waals surface area contributed by atoms with Gasteiger partial charge in [-0.3, -0.25) is 4.79 Å². The molecule has 3 heterocycles. The van der Waals surface area contributed by atoms with Gasteiger partial charge in [0.15, 0.2) is 0 Å². The Balaban J connectivity index is 1.70. The molecule has 0 bridgehead atoms. The van der Waals surface area contributed by atoms with E-state index in [1.54, 1.807) is 20.8 Å². The molecule has 0 fully saturated rings. The zero-order valence-corrected chi connectivity index (χ0v) is 21.0. The molecule has 10 heteroatoms. The van der Waals surface area contributed by atoms with Crippen LogP contribution in [0.25, 0.3) is 21.5 Å². The molecular formula is C25H23N3O5S2. The molecule has 4 rings (SSSR count). The fraction of sp³-hybridized carbons (Fsp3) is 0.200. The minimum atomic E-state index is -0.634. The average Bonchev–Trinajstić information content (AvgIpc) is 3.36. The lowest BCUT2D eigenvalue weighted by molar-refractivity contribution is 0.0527. The number of hydrogen-bond donors (Lipinski definition) is 2. The van der Waals surface area contributed by atoms with Crippen molar-refractivity contribution in [2.75, 3.05) is 24.3 Å². The first-order valence-corrected chi connectivity index (χ1v) is 12.5. The highest BCUT2D eigenvalue weighted by molar-refractivity contribution is 7.21. The van der Waals surface area contributed by atoms with Gasteiger partial charge in [-0.05, 0) is 38.5 Å². The molecule has 0 saturated carbocycles. The Labute approximate surface area is 209 Å². The van der Waals surface area contributed by atoms with Gasteiger partial charge in [-0.2, -0.15) is 0 Å². The number of hydrogen-bond acceptors (Lipinski definition) is 9. The molecular weight excluding hydrogens is 486 g/mol. The van der Waals surface area contributed by atoms with Crippen LogP contribution in [0.4, 0.5) is 10.7 Å². The molecule has 3 aromatic heterocycles. The van der Waals surface area contributed by atoms with E-state index in [2.05, 4.69) is 10.3 Å². The number of carbonyl (C=O) groups is 3. The number of pyridine rings is 1. The van der Waals surface area contributed by atoms with Crippen molar-refractivity contribution in [3.8, 4) is 11.3 Å². The van der Waals surface area contributed by atoms with E-state index in [1.807, 2.05) is 42.5 Å². The number of esters is 2. The lowest BCUT2D eigenvalue weighted by Crippen LogP contribution is -2.15. The van der Waals surface area contributed by atoms with E-state index in [-0.39, 0.29) is 33.5 Å². The highest BCUT2D eigenvalue weighted by Gasteiger charge is 2.28.